The molecule has 1 rings (SSSR count). The van der Waals surface area contributed by atoms with Crippen LogP contribution < -0.4 is 10.5 Å². The Hall–Kier alpha value is -0.620. The molecule has 0 aromatic heterocycles. The molecule has 0 spiro atoms. The molecule has 0 unspecified atom stereocenters. The summed E-state index contributed by atoms with van der Waals surface area (Å²) in [4.78, 5) is 12.0. The Balaban J connectivity index is 2.29. The molecule has 0 bridgehead atoms. The Bertz CT molecular complexity index is 359. The lowest BCUT2D eigenvalue weighted by Crippen LogP contribution is -2.41. The lowest BCUT2D eigenvalue weighted by atomic mass is 9.75. The smallest absolute Gasteiger partial charge is 0.225 e. The third-order valence-electron chi connectivity index (χ3n) is 3.40. The summed E-state index contributed by atoms with van der Waals surface area (Å²) >= 11 is 0. The van der Waals surface area contributed by atoms with Gasteiger partial charge in [-0.05, 0) is 19.3 Å². The van der Waals surface area contributed by atoms with Crippen LogP contribution in [0.3, 0.4) is 0 Å². The van der Waals surface area contributed by atoms with Gasteiger partial charge in [-0.15, -0.1) is 0 Å². The molecule has 1 saturated carbocycles. The lowest BCUT2D eigenvalue weighted by Gasteiger charge is -2.32. The zero-order valence-electron chi connectivity index (χ0n) is 10.4. The van der Waals surface area contributed by atoms with Gasteiger partial charge in [-0.2, -0.15) is 0 Å². The van der Waals surface area contributed by atoms with Crippen LogP contribution in [-0.2, 0) is 14.8 Å². The fourth-order valence-corrected chi connectivity index (χ4v) is 2.79. The van der Waals surface area contributed by atoms with Crippen molar-refractivity contribution in [2.75, 3.05) is 12.3 Å². The Labute approximate surface area is 103 Å². The molecule has 100 valence electrons. The summed E-state index contributed by atoms with van der Waals surface area (Å²) in [6.45, 7) is 2.37. The molecule has 1 aliphatic carbocycles. The minimum absolute atomic E-state index is 0.0478. The second-order valence-corrected chi connectivity index (χ2v) is 6.83. The van der Waals surface area contributed by atoms with Crippen LogP contribution in [-0.4, -0.2) is 26.6 Å². The predicted molar refractivity (Wildman–Crippen MR) is 66.8 cm³/mol. The Morgan fingerprint density at radius 2 is 1.88 bits per heavy atom. The highest BCUT2D eigenvalue weighted by Gasteiger charge is 2.33. The lowest BCUT2D eigenvalue weighted by molar-refractivity contribution is -0.131. The number of carbonyl (C=O) groups is 1. The quantitative estimate of drug-likeness (QED) is 0.716. The summed E-state index contributed by atoms with van der Waals surface area (Å²) in [5.41, 5.74) is -0.264. The van der Waals surface area contributed by atoms with E-state index in [1.807, 2.05) is 6.92 Å². The predicted octanol–water partition coefficient (Wildman–Crippen LogP) is 0.752. The van der Waals surface area contributed by atoms with Crippen molar-refractivity contribution in [2.45, 2.75) is 45.4 Å². The Kier molecular flexibility index (Phi) is 4.94. The normalized spacial score (nSPS) is 19.9. The number of nitrogens with two attached hydrogens (primary N) is 1. The molecule has 5 nitrogen and oxygen atoms in total. The van der Waals surface area contributed by atoms with Crippen LogP contribution in [0.5, 0.6) is 0 Å². The number of carbonyl (C=O) groups excluding carboxylic acids is 1. The molecule has 0 radical (unpaired) electrons. The van der Waals surface area contributed by atoms with Crippen molar-refractivity contribution < 1.29 is 13.2 Å². The van der Waals surface area contributed by atoms with E-state index in [2.05, 4.69) is 5.32 Å². The average Bonchev–Trinajstić information content (AvgIpc) is 2.24. The summed E-state index contributed by atoms with van der Waals surface area (Å²) in [6.07, 6.45) is 5.62. The van der Waals surface area contributed by atoms with E-state index in [-0.39, 0.29) is 17.1 Å². The Morgan fingerprint density at radius 1 is 1.29 bits per heavy atom. The van der Waals surface area contributed by atoms with Crippen LogP contribution >= 0.6 is 0 Å². The molecule has 0 heterocycles. The summed E-state index contributed by atoms with van der Waals surface area (Å²) in [7, 11) is -3.41. The highest BCUT2D eigenvalue weighted by molar-refractivity contribution is 7.89. The minimum atomic E-state index is -3.41. The molecule has 6 heteroatoms. The fraction of sp³-hybridized carbons (Fsp3) is 0.909. The molecule has 3 N–H and O–H groups in total. The molecule has 1 fully saturated rings. The Morgan fingerprint density at radius 3 is 2.41 bits per heavy atom. The van der Waals surface area contributed by atoms with Gasteiger partial charge in [0.15, 0.2) is 0 Å². The number of primary sulfonamides is 1. The van der Waals surface area contributed by atoms with Crippen LogP contribution in [0.2, 0.25) is 0 Å². The second kappa shape index (κ2) is 5.82. The van der Waals surface area contributed by atoms with E-state index in [0.29, 0.717) is 13.0 Å². The summed E-state index contributed by atoms with van der Waals surface area (Å²) < 4.78 is 21.4. The molecule has 0 aromatic rings. The third kappa shape index (κ3) is 5.04. The maximum Gasteiger partial charge on any atom is 0.225 e. The van der Waals surface area contributed by atoms with Crippen molar-refractivity contribution in [1.29, 1.82) is 0 Å². The van der Waals surface area contributed by atoms with E-state index < -0.39 is 10.0 Å². The first-order valence-electron chi connectivity index (χ1n) is 6.12. The first-order valence-corrected chi connectivity index (χ1v) is 7.84. The van der Waals surface area contributed by atoms with Gasteiger partial charge in [-0.1, -0.05) is 26.2 Å². The van der Waals surface area contributed by atoms with Gasteiger partial charge >= 0.3 is 0 Å². The van der Waals surface area contributed by atoms with Gasteiger partial charge < -0.3 is 5.32 Å². The number of hydrogen-bond acceptors (Lipinski definition) is 3. The van der Waals surface area contributed by atoms with Crippen molar-refractivity contribution in [3.8, 4) is 0 Å². The molecule has 0 aliphatic heterocycles. The molecule has 17 heavy (non-hydrogen) atoms. The van der Waals surface area contributed by atoms with E-state index in [1.165, 1.54) is 6.42 Å². The monoisotopic (exact) mass is 262 g/mol. The van der Waals surface area contributed by atoms with Crippen LogP contribution in [0, 0.1) is 5.41 Å². The third-order valence-corrected chi connectivity index (χ3v) is 4.25. The zero-order valence-corrected chi connectivity index (χ0v) is 11.2. The van der Waals surface area contributed by atoms with Gasteiger partial charge in [0.2, 0.25) is 15.9 Å². The molecule has 0 saturated heterocycles. The highest BCUT2D eigenvalue weighted by atomic mass is 32.2. The maximum absolute atomic E-state index is 12.0. The standard InChI is InChI=1S/C11H22N2O3S/c1-11(6-3-2-4-7-11)10(14)13-8-5-9-17(12,15)16/h2-9H2,1H3,(H,13,14)(H2,12,15,16). The van der Waals surface area contributed by atoms with Gasteiger partial charge in [0, 0.05) is 12.0 Å². The molecule has 0 atom stereocenters. The second-order valence-electron chi connectivity index (χ2n) is 5.10. The largest absolute Gasteiger partial charge is 0.356 e. The molecule has 1 aliphatic rings. The van der Waals surface area contributed by atoms with Crippen LogP contribution in [0.25, 0.3) is 0 Å². The van der Waals surface area contributed by atoms with Gasteiger partial charge in [0.25, 0.3) is 0 Å². The van der Waals surface area contributed by atoms with Crippen LogP contribution in [0.15, 0.2) is 0 Å². The van der Waals surface area contributed by atoms with E-state index in [4.69, 9.17) is 5.14 Å². The van der Waals surface area contributed by atoms with Crippen molar-refractivity contribution in [3.05, 3.63) is 0 Å². The first-order chi connectivity index (χ1) is 7.83. The number of sulfonamides is 1. The van der Waals surface area contributed by atoms with Gasteiger partial charge in [-0.3, -0.25) is 4.79 Å². The highest BCUT2D eigenvalue weighted by Crippen LogP contribution is 2.35. The van der Waals surface area contributed by atoms with Crippen LogP contribution in [0.1, 0.15) is 45.4 Å². The van der Waals surface area contributed by atoms with Crippen molar-refractivity contribution in [2.24, 2.45) is 10.6 Å². The van der Waals surface area contributed by atoms with E-state index in [9.17, 15) is 13.2 Å². The maximum atomic E-state index is 12.0. The summed E-state index contributed by atoms with van der Waals surface area (Å²) in [5.74, 6) is -0.0316. The summed E-state index contributed by atoms with van der Waals surface area (Å²) in [5, 5.41) is 7.69. The number of hydrogen-bond donors (Lipinski definition) is 2. The number of nitrogens with one attached hydrogen (secondary N) is 1. The zero-order chi connectivity index (χ0) is 12.9. The van der Waals surface area contributed by atoms with Crippen molar-refractivity contribution in [1.82, 2.24) is 5.32 Å². The minimum Gasteiger partial charge on any atom is -0.356 e. The van der Waals surface area contributed by atoms with Gasteiger partial charge in [0.1, 0.15) is 0 Å². The fourth-order valence-electron chi connectivity index (χ4n) is 2.25. The first kappa shape index (κ1) is 14.4. The molecule has 1 amide bonds. The van der Waals surface area contributed by atoms with Gasteiger partial charge in [-0.25, -0.2) is 13.6 Å². The number of rotatable bonds is 5. The molecular weight excluding hydrogens is 240 g/mol. The molecule has 0 aromatic carbocycles. The van der Waals surface area contributed by atoms with E-state index >= 15 is 0 Å². The SMILES string of the molecule is CC1(C(=O)NCCCS(N)(=O)=O)CCCCC1. The molecular formula is C11H22N2O3S. The summed E-state index contributed by atoms with van der Waals surface area (Å²) in [6, 6.07) is 0. The topological polar surface area (TPSA) is 89.3 Å². The number of amides is 1. The van der Waals surface area contributed by atoms with Crippen LogP contribution in [0.4, 0.5) is 0 Å². The van der Waals surface area contributed by atoms with Gasteiger partial charge in [0.05, 0.1) is 5.75 Å². The average molecular weight is 262 g/mol. The van der Waals surface area contributed by atoms with Crippen molar-refractivity contribution >= 4 is 15.9 Å². The van der Waals surface area contributed by atoms with E-state index in [0.717, 1.165) is 25.7 Å². The van der Waals surface area contributed by atoms with E-state index in [1.54, 1.807) is 0 Å². The van der Waals surface area contributed by atoms with Crippen molar-refractivity contribution in [3.63, 3.8) is 0 Å².